The van der Waals surface area contributed by atoms with Crippen LogP contribution in [0.25, 0.3) is 0 Å². The number of unbranched alkanes of at least 4 members (excludes halogenated alkanes) is 20. The molecule has 0 spiro atoms. The molecule has 35 heavy (non-hydrogen) atoms. The zero-order valence-corrected chi connectivity index (χ0v) is 23.6. The first kappa shape index (κ1) is 31.7. The molecule has 0 bridgehead atoms. The standard InChI is InChI=1S/C33H58O2/c1-3-5-7-9-11-13-15-16-17-19-21-23-27-31-28-24-25-29-32(31)33(34)35-30-26-22-20-18-14-12-10-8-6-4-2/h24-25,28-29H,3-23,26-27,30H2,1-2H3. The van der Waals surface area contributed by atoms with Crippen LogP contribution in [0.4, 0.5) is 0 Å². The SMILES string of the molecule is CCCCCCCCCCCCCCc1ccccc1C(=O)OCCCCCCCCCCCC. The van der Waals surface area contributed by atoms with Crippen LogP contribution in [0.5, 0.6) is 0 Å². The van der Waals surface area contributed by atoms with Crippen molar-refractivity contribution in [3.8, 4) is 0 Å². The first-order chi connectivity index (χ1) is 17.3. The molecule has 0 amide bonds. The highest BCUT2D eigenvalue weighted by Crippen LogP contribution is 2.17. The van der Waals surface area contributed by atoms with Gasteiger partial charge >= 0.3 is 5.97 Å². The minimum atomic E-state index is -0.129. The van der Waals surface area contributed by atoms with Crippen molar-refractivity contribution in [3.05, 3.63) is 35.4 Å². The Morgan fingerprint density at radius 3 is 1.43 bits per heavy atom. The van der Waals surface area contributed by atoms with E-state index in [0.29, 0.717) is 6.61 Å². The van der Waals surface area contributed by atoms with Crippen LogP contribution in [-0.2, 0) is 11.2 Å². The summed E-state index contributed by atoms with van der Waals surface area (Å²) in [5.74, 6) is -0.129. The predicted molar refractivity (Wildman–Crippen MR) is 153 cm³/mol. The Balaban J connectivity index is 2.06. The van der Waals surface area contributed by atoms with Crippen LogP contribution in [0.3, 0.4) is 0 Å². The second-order valence-corrected chi connectivity index (χ2v) is 10.6. The van der Waals surface area contributed by atoms with Gasteiger partial charge in [0.2, 0.25) is 0 Å². The Bertz CT molecular complexity index is 595. The Morgan fingerprint density at radius 2 is 0.943 bits per heavy atom. The molecule has 0 radical (unpaired) electrons. The number of esters is 1. The molecule has 1 rings (SSSR count). The molecule has 0 atom stereocenters. The summed E-state index contributed by atoms with van der Waals surface area (Å²) in [6.45, 7) is 5.11. The summed E-state index contributed by atoms with van der Waals surface area (Å²) < 4.78 is 5.61. The van der Waals surface area contributed by atoms with Gasteiger partial charge in [-0.25, -0.2) is 4.79 Å². The van der Waals surface area contributed by atoms with E-state index in [1.807, 2.05) is 12.1 Å². The highest BCUT2D eigenvalue weighted by molar-refractivity contribution is 5.91. The van der Waals surface area contributed by atoms with Gasteiger partial charge in [-0.3, -0.25) is 0 Å². The van der Waals surface area contributed by atoms with Gasteiger partial charge in [0.05, 0.1) is 12.2 Å². The fourth-order valence-electron chi connectivity index (χ4n) is 4.93. The third-order valence-corrected chi connectivity index (χ3v) is 7.27. The molecule has 0 aliphatic rings. The van der Waals surface area contributed by atoms with Crippen molar-refractivity contribution in [3.63, 3.8) is 0 Å². The number of ether oxygens (including phenoxy) is 1. The van der Waals surface area contributed by atoms with Gasteiger partial charge in [0.15, 0.2) is 0 Å². The number of benzene rings is 1. The Hall–Kier alpha value is -1.31. The lowest BCUT2D eigenvalue weighted by Crippen LogP contribution is -2.09. The van der Waals surface area contributed by atoms with Crippen molar-refractivity contribution >= 4 is 5.97 Å². The van der Waals surface area contributed by atoms with Gasteiger partial charge in [-0.2, -0.15) is 0 Å². The quantitative estimate of drug-likeness (QED) is 0.101. The van der Waals surface area contributed by atoms with Crippen LogP contribution in [-0.4, -0.2) is 12.6 Å². The third-order valence-electron chi connectivity index (χ3n) is 7.27. The van der Waals surface area contributed by atoms with E-state index in [2.05, 4.69) is 26.0 Å². The number of rotatable bonds is 25. The third kappa shape index (κ3) is 18.6. The number of carbonyl (C=O) groups excluding carboxylic acids is 1. The number of hydrogen-bond acceptors (Lipinski definition) is 2. The summed E-state index contributed by atoms with van der Waals surface area (Å²) in [5.41, 5.74) is 1.94. The number of hydrogen-bond donors (Lipinski definition) is 0. The number of aryl methyl sites for hydroxylation is 1. The topological polar surface area (TPSA) is 26.3 Å². The Labute approximate surface area is 219 Å². The van der Waals surface area contributed by atoms with Crippen molar-refractivity contribution in [2.45, 2.75) is 162 Å². The first-order valence-corrected chi connectivity index (χ1v) is 15.5. The fourth-order valence-corrected chi connectivity index (χ4v) is 4.93. The van der Waals surface area contributed by atoms with Gasteiger partial charge in [-0.15, -0.1) is 0 Å². The summed E-state index contributed by atoms with van der Waals surface area (Å²) >= 11 is 0. The van der Waals surface area contributed by atoms with Gasteiger partial charge in [-0.05, 0) is 30.9 Å². The van der Waals surface area contributed by atoms with Crippen LogP contribution < -0.4 is 0 Å². The van der Waals surface area contributed by atoms with Gasteiger partial charge in [0, 0.05) is 0 Å². The van der Waals surface area contributed by atoms with Crippen molar-refractivity contribution in [1.82, 2.24) is 0 Å². The van der Waals surface area contributed by atoms with E-state index in [0.717, 1.165) is 24.0 Å². The molecule has 0 aromatic heterocycles. The van der Waals surface area contributed by atoms with Crippen molar-refractivity contribution in [2.75, 3.05) is 6.61 Å². The first-order valence-electron chi connectivity index (χ1n) is 15.5. The molecule has 1 aromatic rings. The fraction of sp³-hybridized carbons (Fsp3) is 0.788. The monoisotopic (exact) mass is 486 g/mol. The molecule has 0 saturated carbocycles. The minimum absolute atomic E-state index is 0.129. The van der Waals surface area contributed by atoms with Gasteiger partial charge in [0.1, 0.15) is 0 Å². The van der Waals surface area contributed by atoms with Crippen LogP contribution >= 0.6 is 0 Å². The van der Waals surface area contributed by atoms with Crippen LogP contribution in [0, 0.1) is 0 Å². The Kier molecular flexibility index (Phi) is 22.1. The molecule has 0 fully saturated rings. The van der Waals surface area contributed by atoms with Crippen molar-refractivity contribution in [1.29, 1.82) is 0 Å². The summed E-state index contributed by atoms with van der Waals surface area (Å²) in [7, 11) is 0. The van der Waals surface area contributed by atoms with E-state index in [9.17, 15) is 4.79 Å². The highest BCUT2D eigenvalue weighted by Gasteiger charge is 2.12. The van der Waals surface area contributed by atoms with Gasteiger partial charge < -0.3 is 4.74 Å². The second-order valence-electron chi connectivity index (χ2n) is 10.6. The zero-order valence-electron chi connectivity index (χ0n) is 23.6. The molecule has 1 aromatic carbocycles. The van der Waals surface area contributed by atoms with E-state index < -0.39 is 0 Å². The average molecular weight is 487 g/mol. The molecule has 0 saturated heterocycles. The smallest absolute Gasteiger partial charge is 0.338 e. The molecule has 2 heteroatoms. The second kappa shape index (κ2) is 24.4. The van der Waals surface area contributed by atoms with Crippen LogP contribution in [0.1, 0.15) is 171 Å². The largest absolute Gasteiger partial charge is 0.462 e. The van der Waals surface area contributed by atoms with E-state index in [-0.39, 0.29) is 5.97 Å². The van der Waals surface area contributed by atoms with Crippen LogP contribution in [0.2, 0.25) is 0 Å². The van der Waals surface area contributed by atoms with E-state index >= 15 is 0 Å². The maximum absolute atomic E-state index is 12.6. The molecular formula is C33H58O2. The highest BCUT2D eigenvalue weighted by atomic mass is 16.5. The lowest BCUT2D eigenvalue weighted by Gasteiger charge is -2.10. The molecular weight excluding hydrogens is 428 g/mol. The molecule has 0 heterocycles. The lowest BCUT2D eigenvalue weighted by atomic mass is 10.00. The van der Waals surface area contributed by atoms with E-state index in [4.69, 9.17) is 4.74 Å². The molecule has 0 aliphatic heterocycles. The average Bonchev–Trinajstić information content (AvgIpc) is 2.88. The van der Waals surface area contributed by atoms with Gasteiger partial charge in [0.25, 0.3) is 0 Å². The summed E-state index contributed by atoms with van der Waals surface area (Å²) in [5, 5.41) is 0. The normalized spacial score (nSPS) is 11.1. The van der Waals surface area contributed by atoms with E-state index in [1.54, 1.807) is 0 Å². The van der Waals surface area contributed by atoms with Gasteiger partial charge in [-0.1, -0.05) is 160 Å². The lowest BCUT2D eigenvalue weighted by molar-refractivity contribution is 0.0496. The van der Waals surface area contributed by atoms with Crippen LogP contribution in [0.15, 0.2) is 24.3 Å². The molecule has 0 aliphatic carbocycles. The van der Waals surface area contributed by atoms with E-state index in [1.165, 1.54) is 135 Å². The summed E-state index contributed by atoms with van der Waals surface area (Å²) in [6, 6.07) is 8.06. The maximum atomic E-state index is 12.6. The molecule has 202 valence electrons. The maximum Gasteiger partial charge on any atom is 0.338 e. The Morgan fingerprint density at radius 1 is 0.543 bits per heavy atom. The summed E-state index contributed by atoms with van der Waals surface area (Å²) in [6.07, 6.45) is 30.3. The van der Waals surface area contributed by atoms with Crippen molar-refractivity contribution in [2.24, 2.45) is 0 Å². The summed E-state index contributed by atoms with van der Waals surface area (Å²) in [4.78, 5) is 12.6. The predicted octanol–water partition coefficient (Wildman–Crippen LogP) is 11.0. The molecule has 0 N–H and O–H groups in total. The zero-order chi connectivity index (χ0) is 25.2. The molecule has 0 unspecified atom stereocenters. The number of carbonyl (C=O) groups is 1. The molecule has 2 nitrogen and oxygen atoms in total. The minimum Gasteiger partial charge on any atom is -0.462 e. The van der Waals surface area contributed by atoms with Crippen molar-refractivity contribution < 1.29 is 9.53 Å².